The Morgan fingerprint density at radius 3 is 3.07 bits per heavy atom. The average Bonchev–Trinajstić information content (AvgIpc) is 2.54. The highest BCUT2D eigenvalue weighted by atomic mass is 16.5. The van der Waals surface area contributed by atoms with E-state index in [1.54, 1.807) is 0 Å². The summed E-state index contributed by atoms with van der Waals surface area (Å²) in [5.41, 5.74) is 0.00901. The fraction of sp³-hybridized carbons (Fsp3) is 0.900. The number of ether oxygens (including phenoxy) is 1. The fourth-order valence-electron chi connectivity index (χ4n) is 2.04. The van der Waals surface area contributed by atoms with E-state index in [4.69, 9.17) is 4.74 Å². The normalized spacial score (nSPS) is 30.7. The molecule has 2 aliphatic heterocycles. The summed E-state index contributed by atoms with van der Waals surface area (Å²) < 4.78 is 5.66. The lowest BCUT2D eigenvalue weighted by atomic mass is 9.94. The molecular weight excluding hydrogens is 178 g/mol. The van der Waals surface area contributed by atoms with Crippen molar-refractivity contribution < 1.29 is 4.74 Å². The maximum absolute atomic E-state index is 5.66. The van der Waals surface area contributed by atoms with Crippen LogP contribution in [-0.2, 0) is 4.74 Å². The maximum Gasteiger partial charge on any atom is 0.191 e. The molecule has 4 nitrogen and oxygen atoms in total. The summed E-state index contributed by atoms with van der Waals surface area (Å²) in [4.78, 5) is 4.33. The molecule has 0 saturated carbocycles. The van der Waals surface area contributed by atoms with E-state index in [0.717, 1.165) is 38.5 Å². The first-order valence-corrected chi connectivity index (χ1v) is 5.34. The van der Waals surface area contributed by atoms with Gasteiger partial charge in [0, 0.05) is 19.2 Å². The number of nitrogens with one attached hydrogen (secondary N) is 2. The highest BCUT2D eigenvalue weighted by Gasteiger charge is 2.29. The van der Waals surface area contributed by atoms with E-state index in [1.165, 1.54) is 0 Å². The van der Waals surface area contributed by atoms with E-state index in [2.05, 4.69) is 29.5 Å². The Labute approximate surface area is 85.1 Å². The Hall–Kier alpha value is -0.770. The summed E-state index contributed by atoms with van der Waals surface area (Å²) in [5, 5.41) is 6.66. The van der Waals surface area contributed by atoms with Crippen LogP contribution in [0.15, 0.2) is 4.99 Å². The number of guanidine groups is 1. The van der Waals surface area contributed by atoms with Crippen LogP contribution in [0, 0.1) is 0 Å². The topological polar surface area (TPSA) is 45.7 Å². The van der Waals surface area contributed by atoms with Crippen LogP contribution < -0.4 is 10.6 Å². The average molecular weight is 197 g/mol. The third-order valence-corrected chi connectivity index (χ3v) is 2.71. The zero-order valence-corrected chi connectivity index (χ0v) is 8.97. The fourth-order valence-corrected chi connectivity index (χ4v) is 2.04. The van der Waals surface area contributed by atoms with Crippen LogP contribution in [0.25, 0.3) is 0 Å². The van der Waals surface area contributed by atoms with Gasteiger partial charge in [0.25, 0.3) is 0 Å². The molecule has 1 fully saturated rings. The van der Waals surface area contributed by atoms with Crippen LogP contribution in [0.1, 0.15) is 26.7 Å². The Bertz CT molecular complexity index is 238. The highest BCUT2D eigenvalue weighted by Crippen LogP contribution is 2.23. The van der Waals surface area contributed by atoms with Crippen molar-refractivity contribution in [1.82, 2.24) is 10.6 Å². The van der Waals surface area contributed by atoms with Gasteiger partial charge in [-0.25, -0.2) is 0 Å². The minimum Gasteiger partial charge on any atom is -0.375 e. The van der Waals surface area contributed by atoms with E-state index in [9.17, 15) is 0 Å². The van der Waals surface area contributed by atoms with Gasteiger partial charge in [-0.1, -0.05) is 0 Å². The molecule has 0 amide bonds. The van der Waals surface area contributed by atoms with E-state index < -0.39 is 0 Å². The Balaban J connectivity index is 1.85. The van der Waals surface area contributed by atoms with Crippen molar-refractivity contribution in [2.75, 3.05) is 19.7 Å². The van der Waals surface area contributed by atoms with Gasteiger partial charge < -0.3 is 15.4 Å². The lowest BCUT2D eigenvalue weighted by molar-refractivity contribution is -0.0605. The second kappa shape index (κ2) is 3.77. The standard InChI is InChI=1S/C10H19N3O/c1-10(2)7-8(3-6-14-10)13-9-11-4-5-12-9/h8H,3-7H2,1-2H3,(H2,11,12,13). The summed E-state index contributed by atoms with van der Waals surface area (Å²) in [6.45, 7) is 7.00. The molecule has 0 aromatic carbocycles. The first-order valence-electron chi connectivity index (χ1n) is 5.34. The molecule has 0 aromatic rings. The SMILES string of the molecule is CC1(C)CC(NC2=NCCN2)CCO1. The van der Waals surface area contributed by atoms with Gasteiger partial charge in [0.2, 0.25) is 0 Å². The molecule has 2 rings (SSSR count). The van der Waals surface area contributed by atoms with Crippen LogP contribution in [0.2, 0.25) is 0 Å². The molecule has 0 bridgehead atoms. The lowest BCUT2D eigenvalue weighted by Crippen LogP contribution is -2.48. The number of rotatable bonds is 1. The largest absolute Gasteiger partial charge is 0.375 e. The zero-order valence-electron chi connectivity index (χ0n) is 8.97. The van der Waals surface area contributed by atoms with Gasteiger partial charge in [-0.15, -0.1) is 0 Å². The molecule has 1 saturated heterocycles. The van der Waals surface area contributed by atoms with Crippen molar-refractivity contribution >= 4 is 5.96 Å². The van der Waals surface area contributed by atoms with Crippen molar-refractivity contribution in [1.29, 1.82) is 0 Å². The summed E-state index contributed by atoms with van der Waals surface area (Å²) in [6.07, 6.45) is 2.12. The predicted molar refractivity (Wildman–Crippen MR) is 56.5 cm³/mol. The summed E-state index contributed by atoms with van der Waals surface area (Å²) in [5.74, 6) is 0.965. The van der Waals surface area contributed by atoms with Gasteiger partial charge in [0.05, 0.1) is 12.1 Å². The number of hydrogen-bond acceptors (Lipinski definition) is 4. The van der Waals surface area contributed by atoms with Crippen molar-refractivity contribution in [2.45, 2.75) is 38.3 Å². The van der Waals surface area contributed by atoms with Crippen molar-refractivity contribution in [3.63, 3.8) is 0 Å². The van der Waals surface area contributed by atoms with Crippen LogP contribution >= 0.6 is 0 Å². The third-order valence-electron chi connectivity index (χ3n) is 2.71. The molecule has 2 aliphatic rings. The van der Waals surface area contributed by atoms with E-state index in [-0.39, 0.29) is 5.60 Å². The predicted octanol–water partition coefficient (Wildman–Crippen LogP) is 0.493. The summed E-state index contributed by atoms with van der Waals surface area (Å²) in [7, 11) is 0. The number of aliphatic imine (C=N–C) groups is 1. The molecular formula is C10H19N3O. The van der Waals surface area contributed by atoms with Crippen molar-refractivity contribution in [3.05, 3.63) is 0 Å². The molecule has 0 aliphatic carbocycles. The third kappa shape index (κ3) is 2.38. The van der Waals surface area contributed by atoms with Crippen LogP contribution in [0.4, 0.5) is 0 Å². The number of hydrogen-bond donors (Lipinski definition) is 2. The van der Waals surface area contributed by atoms with Crippen LogP contribution in [0.3, 0.4) is 0 Å². The highest BCUT2D eigenvalue weighted by molar-refractivity contribution is 5.81. The smallest absolute Gasteiger partial charge is 0.191 e. The van der Waals surface area contributed by atoms with E-state index in [1.807, 2.05) is 0 Å². The van der Waals surface area contributed by atoms with Crippen LogP contribution in [-0.4, -0.2) is 37.3 Å². The minimum atomic E-state index is 0.00901. The molecule has 2 heterocycles. The molecule has 14 heavy (non-hydrogen) atoms. The molecule has 1 unspecified atom stereocenters. The van der Waals surface area contributed by atoms with Crippen molar-refractivity contribution in [2.24, 2.45) is 4.99 Å². The monoisotopic (exact) mass is 197 g/mol. The second-order valence-electron chi connectivity index (χ2n) is 4.60. The van der Waals surface area contributed by atoms with Gasteiger partial charge in [0.1, 0.15) is 0 Å². The van der Waals surface area contributed by atoms with Crippen molar-refractivity contribution in [3.8, 4) is 0 Å². The van der Waals surface area contributed by atoms with E-state index >= 15 is 0 Å². The van der Waals surface area contributed by atoms with E-state index in [0.29, 0.717) is 6.04 Å². The van der Waals surface area contributed by atoms with Gasteiger partial charge in [-0.05, 0) is 26.7 Å². The van der Waals surface area contributed by atoms with Gasteiger partial charge in [0.15, 0.2) is 5.96 Å². The Morgan fingerprint density at radius 1 is 1.57 bits per heavy atom. The van der Waals surface area contributed by atoms with Crippen LogP contribution in [0.5, 0.6) is 0 Å². The van der Waals surface area contributed by atoms with Gasteiger partial charge in [-0.2, -0.15) is 0 Å². The molecule has 2 N–H and O–H groups in total. The lowest BCUT2D eigenvalue weighted by Gasteiger charge is -2.36. The molecule has 0 spiro atoms. The Kier molecular flexibility index (Phi) is 2.63. The maximum atomic E-state index is 5.66. The molecule has 4 heteroatoms. The molecule has 0 radical (unpaired) electrons. The molecule has 80 valence electrons. The molecule has 0 aromatic heterocycles. The first kappa shape index (κ1) is 9.77. The quantitative estimate of drug-likeness (QED) is 0.643. The van der Waals surface area contributed by atoms with Gasteiger partial charge in [-0.3, -0.25) is 4.99 Å². The molecule has 1 atom stereocenters. The minimum absolute atomic E-state index is 0.00901. The summed E-state index contributed by atoms with van der Waals surface area (Å²) >= 11 is 0. The summed E-state index contributed by atoms with van der Waals surface area (Å²) in [6, 6.07) is 0.503. The van der Waals surface area contributed by atoms with Gasteiger partial charge >= 0.3 is 0 Å². The second-order valence-corrected chi connectivity index (χ2v) is 4.60. The first-order chi connectivity index (χ1) is 6.66. The zero-order chi connectivity index (χ0) is 10.0. The Morgan fingerprint density at radius 2 is 2.43 bits per heavy atom. The number of nitrogens with zero attached hydrogens (tertiary/aromatic N) is 1.